The Bertz CT molecular complexity index is 540. The summed E-state index contributed by atoms with van der Waals surface area (Å²) in [4.78, 5) is 9.23. The number of halogens is 1. The van der Waals surface area contributed by atoms with Crippen LogP contribution in [0.3, 0.4) is 0 Å². The molecule has 0 fully saturated rings. The molecule has 0 radical (unpaired) electrons. The Labute approximate surface area is 116 Å². The number of aromatic nitrogens is 2. The Hall–Kier alpha value is -1.22. The van der Waals surface area contributed by atoms with Gasteiger partial charge in [0.25, 0.3) is 0 Å². The van der Waals surface area contributed by atoms with Gasteiger partial charge in [-0.2, -0.15) is 0 Å². The zero-order valence-electron chi connectivity index (χ0n) is 8.72. The van der Waals surface area contributed by atoms with Crippen LogP contribution in [-0.4, -0.2) is 9.97 Å². The molecule has 5 nitrogen and oxygen atoms in total. The van der Waals surface area contributed by atoms with Crippen LogP contribution in [0, 0.1) is 3.57 Å². The first kappa shape index (κ1) is 12.2. The third-order valence-corrected chi connectivity index (χ3v) is 4.10. The van der Waals surface area contributed by atoms with E-state index in [1.165, 1.54) is 17.8 Å². The monoisotopic (exact) mass is 359 g/mol. The predicted molar refractivity (Wildman–Crippen MR) is 78.6 cm³/mol. The second kappa shape index (κ2) is 4.96. The molecule has 88 valence electrons. The molecule has 1 heterocycles. The minimum Gasteiger partial charge on any atom is -0.399 e. The van der Waals surface area contributed by atoms with E-state index in [0.717, 1.165) is 14.2 Å². The van der Waals surface area contributed by atoms with Crippen LogP contribution in [0.2, 0.25) is 0 Å². The summed E-state index contributed by atoms with van der Waals surface area (Å²) >= 11 is 3.62. The highest BCUT2D eigenvalue weighted by molar-refractivity contribution is 14.1. The molecular formula is C10H10IN5S. The number of nitrogen functional groups attached to an aromatic ring is 3. The van der Waals surface area contributed by atoms with Crippen LogP contribution < -0.4 is 17.2 Å². The molecule has 1 aromatic heterocycles. The van der Waals surface area contributed by atoms with Crippen LogP contribution in [0.4, 0.5) is 17.3 Å². The lowest BCUT2D eigenvalue weighted by atomic mass is 10.3. The molecular weight excluding hydrogens is 349 g/mol. The van der Waals surface area contributed by atoms with Gasteiger partial charge >= 0.3 is 0 Å². The van der Waals surface area contributed by atoms with Gasteiger partial charge in [-0.25, -0.2) is 9.97 Å². The summed E-state index contributed by atoms with van der Waals surface area (Å²) in [5.41, 5.74) is 17.6. The summed E-state index contributed by atoms with van der Waals surface area (Å²) in [6.45, 7) is 0. The number of nitrogens with zero attached hydrogens (tertiary/aromatic N) is 2. The van der Waals surface area contributed by atoms with Crippen LogP contribution in [0.25, 0.3) is 0 Å². The van der Waals surface area contributed by atoms with Gasteiger partial charge in [-0.05, 0) is 52.6 Å². The smallest absolute Gasteiger partial charge is 0.196 e. The van der Waals surface area contributed by atoms with Crippen LogP contribution in [-0.2, 0) is 0 Å². The lowest BCUT2D eigenvalue weighted by Crippen LogP contribution is -1.99. The first-order valence-electron chi connectivity index (χ1n) is 4.67. The standard InChI is InChI=1S/C10H10IN5S/c11-6-3-5(12)1-2-7(6)17-10-15-8(13)4-9(14)16-10/h1-4H,12H2,(H4,13,14,15,16). The average molecular weight is 359 g/mol. The first-order valence-corrected chi connectivity index (χ1v) is 6.57. The minimum absolute atomic E-state index is 0.366. The Kier molecular flexibility index (Phi) is 3.57. The van der Waals surface area contributed by atoms with Crippen LogP contribution in [0.5, 0.6) is 0 Å². The van der Waals surface area contributed by atoms with E-state index in [9.17, 15) is 0 Å². The molecule has 0 atom stereocenters. The van der Waals surface area contributed by atoms with Gasteiger partial charge in [0, 0.05) is 20.2 Å². The number of benzene rings is 1. The molecule has 0 bridgehead atoms. The highest BCUT2D eigenvalue weighted by Gasteiger charge is 2.06. The van der Waals surface area contributed by atoms with Gasteiger partial charge in [-0.1, -0.05) is 0 Å². The maximum absolute atomic E-state index is 5.68. The average Bonchev–Trinajstić information content (AvgIpc) is 2.21. The number of anilines is 3. The first-order chi connectivity index (χ1) is 8.04. The fourth-order valence-corrected chi connectivity index (χ4v) is 2.87. The molecule has 0 aliphatic heterocycles. The van der Waals surface area contributed by atoms with Crippen molar-refractivity contribution >= 4 is 51.7 Å². The van der Waals surface area contributed by atoms with Crippen molar-refractivity contribution in [1.29, 1.82) is 0 Å². The van der Waals surface area contributed by atoms with E-state index < -0.39 is 0 Å². The van der Waals surface area contributed by atoms with E-state index in [4.69, 9.17) is 17.2 Å². The summed E-state index contributed by atoms with van der Waals surface area (Å²) in [6, 6.07) is 7.17. The molecule has 0 saturated carbocycles. The molecule has 0 saturated heterocycles. The van der Waals surface area contributed by atoms with E-state index in [2.05, 4.69) is 32.6 Å². The van der Waals surface area contributed by atoms with E-state index in [1.807, 2.05) is 18.2 Å². The van der Waals surface area contributed by atoms with Crippen molar-refractivity contribution in [2.75, 3.05) is 17.2 Å². The van der Waals surface area contributed by atoms with Gasteiger partial charge in [-0.3, -0.25) is 0 Å². The van der Waals surface area contributed by atoms with Crippen molar-refractivity contribution in [3.63, 3.8) is 0 Å². The van der Waals surface area contributed by atoms with Gasteiger partial charge in [0.05, 0.1) is 0 Å². The summed E-state index contributed by atoms with van der Waals surface area (Å²) in [5.74, 6) is 0.732. The summed E-state index contributed by atoms with van der Waals surface area (Å²) in [5, 5.41) is 0.533. The molecule has 2 aromatic rings. The van der Waals surface area contributed by atoms with E-state index in [0.29, 0.717) is 16.8 Å². The lowest BCUT2D eigenvalue weighted by Gasteiger charge is -2.05. The van der Waals surface area contributed by atoms with Crippen molar-refractivity contribution < 1.29 is 0 Å². The zero-order chi connectivity index (χ0) is 12.4. The number of hydrogen-bond donors (Lipinski definition) is 3. The van der Waals surface area contributed by atoms with Crippen LogP contribution >= 0.6 is 34.4 Å². The highest BCUT2D eigenvalue weighted by Crippen LogP contribution is 2.30. The van der Waals surface area contributed by atoms with Crippen molar-refractivity contribution in [2.45, 2.75) is 10.1 Å². The molecule has 0 spiro atoms. The zero-order valence-corrected chi connectivity index (χ0v) is 11.7. The van der Waals surface area contributed by atoms with Crippen molar-refractivity contribution in [1.82, 2.24) is 9.97 Å². The minimum atomic E-state index is 0.366. The molecule has 0 unspecified atom stereocenters. The fourth-order valence-electron chi connectivity index (χ4n) is 1.21. The Balaban J connectivity index is 2.31. The third-order valence-electron chi connectivity index (χ3n) is 1.90. The molecule has 6 N–H and O–H groups in total. The lowest BCUT2D eigenvalue weighted by molar-refractivity contribution is 0.984. The molecule has 0 aliphatic rings. The Morgan fingerprint density at radius 1 is 1.00 bits per heavy atom. The Morgan fingerprint density at radius 3 is 2.24 bits per heavy atom. The topological polar surface area (TPSA) is 104 Å². The number of rotatable bonds is 2. The molecule has 0 aliphatic carbocycles. The quantitative estimate of drug-likeness (QED) is 0.430. The van der Waals surface area contributed by atoms with Gasteiger partial charge in [0.15, 0.2) is 5.16 Å². The second-order valence-corrected chi connectivity index (χ2v) is 5.46. The SMILES string of the molecule is Nc1ccc(Sc2nc(N)cc(N)n2)c(I)c1. The van der Waals surface area contributed by atoms with Gasteiger partial charge in [-0.15, -0.1) is 0 Å². The van der Waals surface area contributed by atoms with Crippen LogP contribution in [0.15, 0.2) is 34.3 Å². The third kappa shape index (κ3) is 3.13. The summed E-state index contributed by atoms with van der Waals surface area (Å²) < 4.78 is 1.04. The molecule has 2 rings (SSSR count). The van der Waals surface area contributed by atoms with E-state index in [-0.39, 0.29) is 0 Å². The van der Waals surface area contributed by atoms with E-state index >= 15 is 0 Å². The van der Waals surface area contributed by atoms with Gasteiger partial charge < -0.3 is 17.2 Å². The largest absolute Gasteiger partial charge is 0.399 e. The number of hydrogen-bond acceptors (Lipinski definition) is 6. The van der Waals surface area contributed by atoms with Crippen LogP contribution in [0.1, 0.15) is 0 Å². The molecule has 0 amide bonds. The highest BCUT2D eigenvalue weighted by atomic mass is 127. The normalized spacial score (nSPS) is 10.4. The van der Waals surface area contributed by atoms with Gasteiger partial charge in [0.1, 0.15) is 11.6 Å². The maximum atomic E-state index is 5.68. The summed E-state index contributed by atoms with van der Waals surface area (Å²) in [6.07, 6.45) is 0. The fraction of sp³-hybridized carbons (Fsp3) is 0. The molecule has 1 aromatic carbocycles. The van der Waals surface area contributed by atoms with Crippen molar-refractivity contribution in [2.24, 2.45) is 0 Å². The van der Waals surface area contributed by atoms with Crippen molar-refractivity contribution in [3.8, 4) is 0 Å². The maximum Gasteiger partial charge on any atom is 0.196 e. The Morgan fingerprint density at radius 2 is 1.65 bits per heavy atom. The predicted octanol–water partition coefficient (Wildman–Crippen LogP) is 1.98. The second-order valence-electron chi connectivity index (χ2n) is 3.29. The van der Waals surface area contributed by atoms with Gasteiger partial charge in [0.2, 0.25) is 0 Å². The summed E-state index contributed by atoms with van der Waals surface area (Å²) in [7, 11) is 0. The molecule has 7 heteroatoms. The molecule has 17 heavy (non-hydrogen) atoms. The van der Waals surface area contributed by atoms with Crippen molar-refractivity contribution in [3.05, 3.63) is 27.8 Å². The number of nitrogens with two attached hydrogens (primary N) is 3. The van der Waals surface area contributed by atoms with E-state index in [1.54, 1.807) is 0 Å².